The molecule has 0 radical (unpaired) electrons. The number of carbonyl (C=O) groups is 2. The quantitative estimate of drug-likeness (QED) is 0.0661. The van der Waals surface area contributed by atoms with Gasteiger partial charge in [-0.1, -0.05) is 142 Å². The molecule has 0 aliphatic rings. The van der Waals surface area contributed by atoms with E-state index >= 15 is 0 Å². The number of aromatic nitrogens is 6. The first kappa shape index (κ1) is 44.0. The summed E-state index contributed by atoms with van der Waals surface area (Å²) in [5.74, 6) is 1.50. The van der Waals surface area contributed by atoms with Crippen LogP contribution in [0.3, 0.4) is 0 Å². The Bertz CT molecular complexity index is 2760. The van der Waals surface area contributed by atoms with Gasteiger partial charge in [-0.05, 0) is 75.9 Å². The first-order valence-electron chi connectivity index (χ1n) is 21.9. The number of methoxy groups -OCH3 is 2. The van der Waals surface area contributed by atoms with Crippen molar-refractivity contribution in [2.75, 3.05) is 19.5 Å². The zero-order valence-corrected chi connectivity index (χ0v) is 37.5. The van der Waals surface area contributed by atoms with Crippen LogP contribution >= 0.6 is 0 Å². The third kappa shape index (κ3) is 8.59. The van der Waals surface area contributed by atoms with Crippen molar-refractivity contribution in [3.05, 3.63) is 191 Å². The van der Waals surface area contributed by atoms with E-state index in [0.717, 1.165) is 69.4 Å². The molecule has 3 unspecified atom stereocenters. The maximum atomic E-state index is 13.2. The van der Waals surface area contributed by atoms with Crippen molar-refractivity contribution < 1.29 is 23.8 Å². The van der Waals surface area contributed by atoms with Gasteiger partial charge in [0.1, 0.15) is 17.6 Å². The maximum absolute atomic E-state index is 13.2. The summed E-state index contributed by atoms with van der Waals surface area (Å²) < 4.78 is 23.5. The molecule has 6 aromatic carbocycles. The molecule has 8 aromatic rings. The molecule has 0 saturated carbocycles. The van der Waals surface area contributed by atoms with Gasteiger partial charge < -0.3 is 28.9 Å². The molecule has 8 rings (SSSR count). The van der Waals surface area contributed by atoms with Crippen LogP contribution in [-0.2, 0) is 28.1 Å². The molecule has 330 valence electrons. The highest BCUT2D eigenvalue weighted by Crippen LogP contribution is 2.46. The third-order valence-corrected chi connectivity index (χ3v) is 12.1. The smallest absolute Gasteiger partial charge is 0.227 e. The highest BCUT2D eigenvalue weighted by atomic mass is 16.5. The normalized spacial score (nSPS) is 12.9. The second-order valence-corrected chi connectivity index (χ2v) is 16.3. The number of hydrogen-bond donors (Lipinski definition) is 1. The van der Waals surface area contributed by atoms with Crippen molar-refractivity contribution >= 4 is 28.9 Å². The summed E-state index contributed by atoms with van der Waals surface area (Å²) in [6.07, 6.45) is 1.58. The number of tetrazole rings is 1. The number of rotatable bonds is 18. The summed E-state index contributed by atoms with van der Waals surface area (Å²) in [5.41, 5.74) is 6.81. The van der Waals surface area contributed by atoms with Gasteiger partial charge >= 0.3 is 0 Å². The fourth-order valence-corrected chi connectivity index (χ4v) is 8.56. The van der Waals surface area contributed by atoms with Gasteiger partial charge in [0.05, 0.1) is 25.3 Å². The number of hydrogen-bond acceptors (Lipinski definition) is 9. The van der Waals surface area contributed by atoms with Gasteiger partial charge in [-0.2, -0.15) is 0 Å². The number of aryl methyl sites for hydroxylation is 2. The third-order valence-electron chi connectivity index (χ3n) is 12.1. The topological polar surface area (TPSA) is 135 Å². The maximum Gasteiger partial charge on any atom is 0.227 e. The molecule has 12 nitrogen and oxygen atoms in total. The van der Waals surface area contributed by atoms with Crippen molar-refractivity contribution in [3.8, 4) is 17.2 Å². The molecule has 3 atom stereocenters. The number of benzene rings is 6. The van der Waals surface area contributed by atoms with E-state index < -0.39 is 23.5 Å². The number of carbonyl (C=O) groups excluding carboxylic acids is 2. The van der Waals surface area contributed by atoms with E-state index in [0.29, 0.717) is 35.3 Å². The number of ether oxygens (including phenoxy) is 3. The van der Waals surface area contributed by atoms with Crippen molar-refractivity contribution in [2.24, 2.45) is 11.8 Å². The van der Waals surface area contributed by atoms with Gasteiger partial charge in [0.25, 0.3) is 0 Å². The lowest BCUT2D eigenvalue weighted by molar-refractivity contribution is -0.124. The zero-order valence-electron chi connectivity index (χ0n) is 37.5. The second kappa shape index (κ2) is 19.4. The molecular formula is C53H53N7O5. The predicted molar refractivity (Wildman–Crippen MR) is 251 cm³/mol. The Morgan fingerprint density at radius 2 is 1.34 bits per heavy atom. The first-order valence-corrected chi connectivity index (χ1v) is 21.9. The number of fused-ring (bicyclic) bond motifs is 1. The van der Waals surface area contributed by atoms with Crippen LogP contribution in [0.2, 0.25) is 0 Å². The van der Waals surface area contributed by atoms with Crippen LogP contribution in [0.1, 0.15) is 78.3 Å². The molecule has 0 bridgehead atoms. The summed E-state index contributed by atoms with van der Waals surface area (Å²) in [6, 6.07) is 48.4. The molecule has 65 heavy (non-hydrogen) atoms. The Balaban J connectivity index is 1.24. The fraction of sp³-hybridized carbons (Fsp3) is 0.245. The van der Waals surface area contributed by atoms with E-state index in [9.17, 15) is 9.59 Å². The van der Waals surface area contributed by atoms with Crippen molar-refractivity contribution in [1.29, 1.82) is 0 Å². The number of aldehydes is 1. The molecule has 2 aromatic heterocycles. The van der Waals surface area contributed by atoms with Crippen LogP contribution in [0.4, 0.5) is 5.69 Å². The van der Waals surface area contributed by atoms with Gasteiger partial charge in [-0.3, -0.25) is 4.79 Å². The van der Waals surface area contributed by atoms with Crippen molar-refractivity contribution in [2.45, 2.75) is 58.7 Å². The molecule has 1 N–H and O–H groups in total. The molecule has 0 aliphatic heterocycles. The molecule has 0 spiro atoms. The van der Waals surface area contributed by atoms with Gasteiger partial charge in [0, 0.05) is 36.1 Å². The van der Waals surface area contributed by atoms with E-state index in [2.05, 4.69) is 58.4 Å². The second-order valence-electron chi connectivity index (χ2n) is 16.3. The van der Waals surface area contributed by atoms with Gasteiger partial charge in [-0.25, -0.2) is 9.67 Å². The lowest BCUT2D eigenvalue weighted by Gasteiger charge is -2.37. The summed E-state index contributed by atoms with van der Waals surface area (Å²) in [6.45, 7) is 8.04. The van der Waals surface area contributed by atoms with Crippen LogP contribution in [0.15, 0.2) is 146 Å². The van der Waals surface area contributed by atoms with Crippen LogP contribution < -0.4 is 19.5 Å². The number of nitrogens with one attached hydrogen (secondary N) is 1. The van der Waals surface area contributed by atoms with E-state index in [4.69, 9.17) is 29.5 Å². The minimum absolute atomic E-state index is 0.220. The Kier molecular flexibility index (Phi) is 13.2. The number of imidazole rings is 1. The zero-order chi connectivity index (χ0) is 45.5. The number of anilines is 1. The summed E-state index contributed by atoms with van der Waals surface area (Å²) >= 11 is 0. The minimum Gasteiger partial charge on any atom is -0.493 e. The lowest BCUT2D eigenvalue weighted by atomic mass is 9.77. The largest absolute Gasteiger partial charge is 0.493 e. The molecule has 1 amide bonds. The van der Waals surface area contributed by atoms with E-state index in [1.807, 2.05) is 121 Å². The molecule has 0 saturated heterocycles. The molecular weight excluding hydrogens is 815 g/mol. The van der Waals surface area contributed by atoms with E-state index in [1.165, 1.54) is 0 Å². The fourth-order valence-electron chi connectivity index (χ4n) is 8.56. The predicted octanol–water partition coefficient (Wildman–Crippen LogP) is 9.77. The van der Waals surface area contributed by atoms with Gasteiger partial charge in [0.15, 0.2) is 23.4 Å². The van der Waals surface area contributed by atoms with E-state index in [-0.39, 0.29) is 5.91 Å². The number of nitrogens with zero attached hydrogens (tertiary/aromatic N) is 6. The molecule has 0 fully saturated rings. The number of amides is 1. The summed E-state index contributed by atoms with van der Waals surface area (Å²) in [4.78, 5) is 29.7. The van der Waals surface area contributed by atoms with Gasteiger partial charge in [-0.15, -0.1) is 5.10 Å². The Labute approximate surface area is 379 Å². The average Bonchev–Trinajstić information content (AvgIpc) is 3.97. The lowest BCUT2D eigenvalue weighted by Crippen LogP contribution is -2.41. The first-order chi connectivity index (χ1) is 31.7. The standard InChI is InChI=1S/C53H53N7O5/c1-7-20-47-55-48-35(2)29-43(54-52(62)37(4)36(3)34-61)32-44(48)59(47)33-38-30-45(63-5)50(46(31-38)64-6)65-49(39-21-12-8-13-22-39)51-56-57-58-60(51)53(40-23-14-9-15-24-40,41-25-16-10-17-26-41)42-27-18-11-19-28-42/h8-19,21-32,34,36-37,49H,7,20,33H2,1-6H3,(H,54,62). The Hall–Kier alpha value is -7.60. The van der Waals surface area contributed by atoms with Crippen molar-refractivity contribution in [1.82, 2.24) is 29.8 Å². The Morgan fingerprint density at radius 3 is 1.86 bits per heavy atom. The highest BCUT2D eigenvalue weighted by molar-refractivity contribution is 5.96. The van der Waals surface area contributed by atoms with Crippen LogP contribution in [0.25, 0.3) is 11.0 Å². The highest BCUT2D eigenvalue weighted by Gasteiger charge is 2.44. The van der Waals surface area contributed by atoms with Crippen LogP contribution in [-0.4, -0.2) is 56.2 Å². The SMILES string of the molecule is CCCc1nc2c(C)cc(NC(=O)C(C)C(C)C=O)cc2n1Cc1cc(OC)c(OC(c2ccccc2)c2nnnn2C(c2ccccc2)(c2ccccc2)c2ccccc2)c(OC)c1. The van der Waals surface area contributed by atoms with Crippen LogP contribution in [0.5, 0.6) is 17.2 Å². The summed E-state index contributed by atoms with van der Waals surface area (Å²) in [7, 11) is 3.22. The average molecular weight is 868 g/mol. The Morgan fingerprint density at radius 1 is 0.785 bits per heavy atom. The summed E-state index contributed by atoms with van der Waals surface area (Å²) in [5, 5.41) is 17.0. The molecule has 2 heterocycles. The van der Waals surface area contributed by atoms with Crippen molar-refractivity contribution in [3.63, 3.8) is 0 Å². The molecule has 0 aliphatic carbocycles. The minimum atomic E-state index is -1.02. The van der Waals surface area contributed by atoms with Crippen LogP contribution in [0, 0.1) is 18.8 Å². The molecule has 12 heteroatoms. The van der Waals surface area contributed by atoms with E-state index in [1.54, 1.807) is 28.1 Å². The van der Waals surface area contributed by atoms with Gasteiger partial charge in [0.2, 0.25) is 11.7 Å². The monoisotopic (exact) mass is 867 g/mol.